The van der Waals surface area contributed by atoms with E-state index in [9.17, 15) is 4.79 Å². The number of carbonyl (C=O) groups is 1. The van der Waals surface area contributed by atoms with Gasteiger partial charge in [-0.05, 0) is 11.8 Å². The van der Waals surface area contributed by atoms with E-state index in [-0.39, 0.29) is 18.1 Å². The van der Waals surface area contributed by atoms with Gasteiger partial charge in [-0.15, -0.1) is 6.58 Å². The number of nitrogens with one attached hydrogen (secondary N) is 2. The fourth-order valence-corrected chi connectivity index (χ4v) is 0.938. The van der Waals surface area contributed by atoms with Crippen molar-refractivity contribution in [1.29, 1.82) is 0 Å². The zero-order valence-electron chi connectivity index (χ0n) is 8.97. The molecule has 82 valence electrons. The molecule has 0 aliphatic carbocycles. The van der Waals surface area contributed by atoms with Crippen molar-refractivity contribution in [2.24, 2.45) is 5.41 Å². The van der Waals surface area contributed by atoms with Crippen LogP contribution in [0.1, 0.15) is 20.3 Å². The van der Waals surface area contributed by atoms with Crippen LogP contribution in [0, 0.1) is 5.41 Å². The van der Waals surface area contributed by atoms with Crippen LogP contribution in [0.15, 0.2) is 12.7 Å². The van der Waals surface area contributed by atoms with Crippen molar-refractivity contribution >= 4 is 6.03 Å². The van der Waals surface area contributed by atoms with Crippen LogP contribution >= 0.6 is 0 Å². The Bertz CT molecular complexity index is 191. The zero-order valence-corrected chi connectivity index (χ0v) is 8.97. The maximum atomic E-state index is 11.1. The van der Waals surface area contributed by atoms with Gasteiger partial charge in [-0.2, -0.15) is 0 Å². The topological polar surface area (TPSA) is 61.4 Å². The minimum absolute atomic E-state index is 0.0692. The minimum atomic E-state index is -0.198. The Morgan fingerprint density at radius 3 is 2.64 bits per heavy atom. The lowest BCUT2D eigenvalue weighted by molar-refractivity contribution is 0.201. The summed E-state index contributed by atoms with van der Waals surface area (Å²) in [5.41, 5.74) is -0.0692. The van der Waals surface area contributed by atoms with E-state index in [0.717, 1.165) is 0 Å². The molecule has 0 bridgehead atoms. The second-order valence-corrected chi connectivity index (χ2v) is 3.99. The van der Waals surface area contributed by atoms with E-state index >= 15 is 0 Å². The third-order valence-electron chi connectivity index (χ3n) is 1.92. The molecule has 0 saturated heterocycles. The summed E-state index contributed by atoms with van der Waals surface area (Å²) < 4.78 is 0. The van der Waals surface area contributed by atoms with Gasteiger partial charge < -0.3 is 15.7 Å². The Labute approximate surface area is 85.4 Å². The smallest absolute Gasteiger partial charge is 0.315 e. The van der Waals surface area contributed by atoms with Crippen molar-refractivity contribution in [3.8, 4) is 0 Å². The molecule has 4 nitrogen and oxygen atoms in total. The van der Waals surface area contributed by atoms with Gasteiger partial charge in [0.2, 0.25) is 0 Å². The summed E-state index contributed by atoms with van der Waals surface area (Å²) in [6.07, 6.45) is 2.30. The van der Waals surface area contributed by atoms with Crippen LogP contribution in [0.25, 0.3) is 0 Å². The molecule has 0 spiro atoms. The first-order chi connectivity index (χ1) is 6.52. The van der Waals surface area contributed by atoms with Crippen molar-refractivity contribution in [3.05, 3.63) is 12.7 Å². The number of aliphatic hydroxyl groups is 1. The van der Waals surface area contributed by atoms with Crippen LogP contribution in [0.4, 0.5) is 4.79 Å². The first-order valence-electron chi connectivity index (χ1n) is 4.75. The van der Waals surface area contributed by atoms with Crippen LogP contribution in [0.2, 0.25) is 0 Å². The Hall–Kier alpha value is -1.03. The van der Waals surface area contributed by atoms with Crippen LogP contribution in [-0.4, -0.2) is 30.8 Å². The maximum Gasteiger partial charge on any atom is 0.315 e. The van der Waals surface area contributed by atoms with Gasteiger partial charge in [0.1, 0.15) is 0 Å². The van der Waals surface area contributed by atoms with Crippen molar-refractivity contribution < 1.29 is 9.90 Å². The molecule has 0 unspecified atom stereocenters. The average molecular weight is 200 g/mol. The monoisotopic (exact) mass is 200 g/mol. The molecule has 2 amide bonds. The van der Waals surface area contributed by atoms with E-state index in [1.807, 2.05) is 13.8 Å². The predicted octanol–water partition coefficient (Wildman–Crippen LogP) is 0.880. The highest BCUT2D eigenvalue weighted by Gasteiger charge is 2.17. The molecule has 0 saturated carbocycles. The number of urea groups is 1. The fraction of sp³-hybridized carbons (Fsp3) is 0.700. The molecule has 14 heavy (non-hydrogen) atoms. The SMILES string of the molecule is C=CCNC(=O)NCC(C)(C)CCO. The molecular weight excluding hydrogens is 180 g/mol. The van der Waals surface area contributed by atoms with Gasteiger partial charge >= 0.3 is 6.03 Å². The number of amides is 2. The third kappa shape index (κ3) is 6.48. The van der Waals surface area contributed by atoms with E-state index in [1.54, 1.807) is 6.08 Å². The zero-order chi connectivity index (χ0) is 11.0. The second kappa shape index (κ2) is 6.43. The predicted molar refractivity (Wildman–Crippen MR) is 57.1 cm³/mol. The molecule has 0 aliphatic rings. The molecule has 0 aliphatic heterocycles. The standard InChI is InChI=1S/C10H20N2O2/c1-4-6-11-9(14)12-8-10(2,3)5-7-13/h4,13H,1,5-8H2,2-3H3,(H2,11,12,14). The Balaban J connectivity index is 3.69. The van der Waals surface area contributed by atoms with Gasteiger partial charge in [0.15, 0.2) is 0 Å². The number of carbonyl (C=O) groups excluding carboxylic acids is 1. The molecule has 0 aromatic rings. The number of aliphatic hydroxyl groups excluding tert-OH is 1. The summed E-state index contributed by atoms with van der Waals surface area (Å²) >= 11 is 0. The van der Waals surface area contributed by atoms with Gasteiger partial charge in [-0.25, -0.2) is 4.79 Å². The number of rotatable bonds is 6. The lowest BCUT2D eigenvalue weighted by Gasteiger charge is -2.23. The molecular formula is C10H20N2O2. The van der Waals surface area contributed by atoms with Crippen LogP contribution in [-0.2, 0) is 0 Å². The Morgan fingerprint density at radius 2 is 2.14 bits per heavy atom. The Morgan fingerprint density at radius 1 is 1.50 bits per heavy atom. The highest BCUT2D eigenvalue weighted by molar-refractivity contribution is 5.73. The first kappa shape index (κ1) is 13.0. The molecule has 0 heterocycles. The van der Waals surface area contributed by atoms with Gasteiger partial charge in [-0.3, -0.25) is 0 Å². The summed E-state index contributed by atoms with van der Waals surface area (Å²) in [4.78, 5) is 11.1. The van der Waals surface area contributed by atoms with Crippen LogP contribution < -0.4 is 10.6 Å². The van der Waals surface area contributed by atoms with Crippen molar-refractivity contribution in [3.63, 3.8) is 0 Å². The second-order valence-electron chi connectivity index (χ2n) is 3.99. The van der Waals surface area contributed by atoms with Crippen molar-refractivity contribution in [2.45, 2.75) is 20.3 Å². The molecule has 4 heteroatoms. The van der Waals surface area contributed by atoms with E-state index < -0.39 is 0 Å². The highest BCUT2D eigenvalue weighted by Crippen LogP contribution is 2.17. The van der Waals surface area contributed by atoms with Gasteiger partial charge in [0.25, 0.3) is 0 Å². The molecule has 0 rings (SSSR count). The number of hydrogen-bond acceptors (Lipinski definition) is 2. The van der Waals surface area contributed by atoms with E-state index in [2.05, 4.69) is 17.2 Å². The quantitative estimate of drug-likeness (QED) is 0.557. The first-order valence-corrected chi connectivity index (χ1v) is 4.75. The average Bonchev–Trinajstić information content (AvgIpc) is 2.11. The van der Waals surface area contributed by atoms with E-state index in [0.29, 0.717) is 19.5 Å². The number of hydrogen-bond donors (Lipinski definition) is 3. The summed E-state index contributed by atoms with van der Waals surface area (Å²) in [6.45, 7) is 8.65. The van der Waals surface area contributed by atoms with Crippen LogP contribution in [0.5, 0.6) is 0 Å². The molecule has 0 aromatic heterocycles. The van der Waals surface area contributed by atoms with Gasteiger partial charge in [0.05, 0.1) is 0 Å². The lowest BCUT2D eigenvalue weighted by atomic mass is 9.90. The van der Waals surface area contributed by atoms with Crippen LogP contribution in [0.3, 0.4) is 0 Å². The fourth-order valence-electron chi connectivity index (χ4n) is 0.938. The highest BCUT2D eigenvalue weighted by atomic mass is 16.3. The summed E-state index contributed by atoms with van der Waals surface area (Å²) in [5.74, 6) is 0. The van der Waals surface area contributed by atoms with Crippen molar-refractivity contribution in [2.75, 3.05) is 19.7 Å². The van der Waals surface area contributed by atoms with E-state index in [1.165, 1.54) is 0 Å². The molecule has 3 N–H and O–H groups in total. The summed E-state index contributed by atoms with van der Waals surface area (Å²) in [7, 11) is 0. The molecule has 0 aromatic carbocycles. The Kier molecular flexibility index (Phi) is 5.95. The molecule has 0 atom stereocenters. The third-order valence-corrected chi connectivity index (χ3v) is 1.92. The minimum Gasteiger partial charge on any atom is -0.396 e. The van der Waals surface area contributed by atoms with Crippen molar-refractivity contribution in [1.82, 2.24) is 10.6 Å². The molecule has 0 radical (unpaired) electrons. The normalized spacial score (nSPS) is 10.8. The largest absolute Gasteiger partial charge is 0.396 e. The van der Waals surface area contributed by atoms with Gasteiger partial charge in [-0.1, -0.05) is 19.9 Å². The molecule has 0 fully saturated rings. The van der Waals surface area contributed by atoms with Gasteiger partial charge in [0, 0.05) is 19.7 Å². The maximum absolute atomic E-state index is 11.1. The van der Waals surface area contributed by atoms with E-state index in [4.69, 9.17) is 5.11 Å². The lowest BCUT2D eigenvalue weighted by Crippen LogP contribution is -2.41. The summed E-state index contributed by atoms with van der Waals surface area (Å²) in [6, 6.07) is -0.198. The summed E-state index contributed by atoms with van der Waals surface area (Å²) in [5, 5.41) is 14.1.